The Labute approximate surface area is 94.0 Å². The molecule has 0 aromatic carbocycles. The van der Waals surface area contributed by atoms with Gasteiger partial charge in [0.2, 0.25) is 5.91 Å². The number of carbonyl (C=O) groups is 1. The molecule has 2 N–H and O–H groups in total. The molecule has 0 fully saturated rings. The van der Waals surface area contributed by atoms with Crippen molar-refractivity contribution >= 4 is 5.91 Å². The van der Waals surface area contributed by atoms with E-state index in [1.165, 1.54) is 0 Å². The lowest BCUT2D eigenvalue weighted by Gasteiger charge is -2.25. The molecule has 0 atom stereocenters. The van der Waals surface area contributed by atoms with Crippen LogP contribution in [0.4, 0.5) is 0 Å². The molecule has 0 bridgehead atoms. The maximum Gasteiger partial charge on any atom is 0.222 e. The molecule has 0 rings (SSSR count). The second kappa shape index (κ2) is 8.72. The van der Waals surface area contributed by atoms with Gasteiger partial charge in [0.05, 0.1) is 0 Å². The van der Waals surface area contributed by atoms with Gasteiger partial charge in [0.15, 0.2) is 0 Å². The maximum atomic E-state index is 11.7. The minimum absolute atomic E-state index is 0.292. The van der Waals surface area contributed by atoms with E-state index in [1.807, 2.05) is 11.8 Å². The zero-order valence-electron chi connectivity index (χ0n) is 10.5. The average molecular weight is 214 g/mol. The van der Waals surface area contributed by atoms with Crippen LogP contribution in [0.15, 0.2) is 0 Å². The Morgan fingerprint density at radius 3 is 2.27 bits per heavy atom. The van der Waals surface area contributed by atoms with Crippen molar-refractivity contribution in [2.24, 2.45) is 5.73 Å². The van der Waals surface area contributed by atoms with Crippen molar-refractivity contribution in [2.45, 2.75) is 58.9 Å². The van der Waals surface area contributed by atoms with Crippen LogP contribution < -0.4 is 5.73 Å². The molecule has 90 valence electrons. The third kappa shape index (κ3) is 6.50. The normalized spacial score (nSPS) is 10.7. The second-order valence-corrected chi connectivity index (χ2v) is 4.23. The van der Waals surface area contributed by atoms with Crippen LogP contribution in [-0.2, 0) is 4.79 Å². The highest BCUT2D eigenvalue weighted by Gasteiger charge is 2.13. The van der Waals surface area contributed by atoms with Crippen molar-refractivity contribution in [1.82, 2.24) is 4.90 Å². The van der Waals surface area contributed by atoms with Crippen LogP contribution in [0.5, 0.6) is 0 Å². The van der Waals surface area contributed by atoms with Crippen LogP contribution in [0.1, 0.15) is 52.9 Å². The fourth-order valence-corrected chi connectivity index (χ4v) is 1.75. The molecule has 0 spiro atoms. The van der Waals surface area contributed by atoms with Gasteiger partial charge in [-0.15, -0.1) is 0 Å². The van der Waals surface area contributed by atoms with Gasteiger partial charge < -0.3 is 10.6 Å². The molecule has 0 unspecified atom stereocenters. The fraction of sp³-hybridized carbons (Fsp3) is 0.917. The lowest BCUT2D eigenvalue weighted by Crippen LogP contribution is -2.36. The smallest absolute Gasteiger partial charge is 0.222 e. The average Bonchev–Trinajstić information content (AvgIpc) is 2.18. The van der Waals surface area contributed by atoms with E-state index in [1.54, 1.807) is 0 Å². The van der Waals surface area contributed by atoms with E-state index in [0.29, 0.717) is 18.4 Å². The molecule has 15 heavy (non-hydrogen) atoms. The molecule has 0 saturated heterocycles. The SMILES string of the molecule is CCN(C(=O)CCCCCCN)C(C)C. The van der Waals surface area contributed by atoms with Gasteiger partial charge >= 0.3 is 0 Å². The molecule has 3 heteroatoms. The van der Waals surface area contributed by atoms with Crippen molar-refractivity contribution in [3.8, 4) is 0 Å². The molecule has 0 aromatic heterocycles. The quantitative estimate of drug-likeness (QED) is 0.629. The third-order valence-electron chi connectivity index (χ3n) is 2.63. The predicted molar refractivity (Wildman–Crippen MR) is 64.7 cm³/mol. The summed E-state index contributed by atoms with van der Waals surface area (Å²) in [5.74, 6) is 0.292. The molecule has 0 radical (unpaired) electrons. The number of hydrogen-bond acceptors (Lipinski definition) is 2. The summed E-state index contributed by atoms with van der Waals surface area (Å²) in [6.45, 7) is 7.75. The minimum atomic E-state index is 0.292. The van der Waals surface area contributed by atoms with Crippen LogP contribution in [0.2, 0.25) is 0 Å². The van der Waals surface area contributed by atoms with Crippen LogP contribution in [0.25, 0.3) is 0 Å². The highest BCUT2D eigenvalue weighted by Crippen LogP contribution is 2.07. The molecular formula is C12H26N2O. The molecule has 0 heterocycles. The monoisotopic (exact) mass is 214 g/mol. The van der Waals surface area contributed by atoms with Crippen molar-refractivity contribution < 1.29 is 4.79 Å². The van der Waals surface area contributed by atoms with Crippen LogP contribution in [-0.4, -0.2) is 29.9 Å². The number of nitrogens with two attached hydrogens (primary N) is 1. The van der Waals surface area contributed by atoms with Gasteiger partial charge in [-0.05, 0) is 40.2 Å². The van der Waals surface area contributed by atoms with E-state index in [2.05, 4.69) is 13.8 Å². The molecule has 0 saturated carbocycles. The summed E-state index contributed by atoms with van der Waals surface area (Å²) in [6.07, 6.45) is 5.05. The number of carbonyl (C=O) groups excluding carboxylic acids is 1. The highest BCUT2D eigenvalue weighted by atomic mass is 16.2. The van der Waals surface area contributed by atoms with Crippen molar-refractivity contribution in [2.75, 3.05) is 13.1 Å². The largest absolute Gasteiger partial charge is 0.341 e. The van der Waals surface area contributed by atoms with E-state index in [9.17, 15) is 4.79 Å². The first-order chi connectivity index (χ1) is 7.13. The van der Waals surface area contributed by atoms with Gasteiger partial charge in [-0.25, -0.2) is 0 Å². The zero-order chi connectivity index (χ0) is 11.7. The molecule has 1 amide bonds. The standard InChI is InChI=1S/C12H26N2O/c1-4-14(11(2)3)12(15)9-7-5-6-8-10-13/h11H,4-10,13H2,1-3H3. The van der Waals surface area contributed by atoms with Crippen LogP contribution >= 0.6 is 0 Å². The Kier molecular flexibility index (Phi) is 8.38. The van der Waals surface area contributed by atoms with E-state index in [-0.39, 0.29) is 0 Å². The van der Waals surface area contributed by atoms with Crippen molar-refractivity contribution in [3.05, 3.63) is 0 Å². The summed E-state index contributed by atoms with van der Waals surface area (Å²) in [5.41, 5.74) is 5.40. The first-order valence-corrected chi connectivity index (χ1v) is 6.13. The van der Waals surface area contributed by atoms with Crippen molar-refractivity contribution in [3.63, 3.8) is 0 Å². The van der Waals surface area contributed by atoms with Gasteiger partial charge in [-0.3, -0.25) is 4.79 Å². The van der Waals surface area contributed by atoms with Gasteiger partial charge in [0.1, 0.15) is 0 Å². The van der Waals surface area contributed by atoms with E-state index in [0.717, 1.165) is 38.8 Å². The first kappa shape index (κ1) is 14.4. The topological polar surface area (TPSA) is 46.3 Å². The number of amides is 1. The Morgan fingerprint density at radius 2 is 1.80 bits per heavy atom. The summed E-state index contributed by atoms with van der Waals surface area (Å²) in [7, 11) is 0. The fourth-order valence-electron chi connectivity index (χ4n) is 1.75. The summed E-state index contributed by atoms with van der Waals surface area (Å²) in [5, 5.41) is 0. The maximum absolute atomic E-state index is 11.7. The molecule has 0 aliphatic carbocycles. The summed E-state index contributed by atoms with van der Waals surface area (Å²) in [6, 6.07) is 0.326. The Hall–Kier alpha value is -0.570. The van der Waals surface area contributed by atoms with E-state index < -0.39 is 0 Å². The highest BCUT2D eigenvalue weighted by molar-refractivity contribution is 5.76. The number of nitrogens with zero attached hydrogens (tertiary/aromatic N) is 1. The summed E-state index contributed by atoms with van der Waals surface area (Å²) >= 11 is 0. The van der Waals surface area contributed by atoms with Gasteiger partial charge in [0, 0.05) is 19.0 Å². The Balaban J connectivity index is 3.63. The van der Waals surface area contributed by atoms with Gasteiger partial charge in [0.25, 0.3) is 0 Å². The minimum Gasteiger partial charge on any atom is -0.341 e. The summed E-state index contributed by atoms with van der Waals surface area (Å²) < 4.78 is 0. The lowest BCUT2D eigenvalue weighted by atomic mass is 10.1. The van der Waals surface area contributed by atoms with Gasteiger partial charge in [-0.2, -0.15) is 0 Å². The molecule has 0 aliphatic rings. The zero-order valence-corrected chi connectivity index (χ0v) is 10.5. The predicted octanol–water partition coefficient (Wildman–Crippen LogP) is 2.15. The molecule has 0 aliphatic heterocycles. The molecule has 3 nitrogen and oxygen atoms in total. The number of rotatable bonds is 8. The third-order valence-corrected chi connectivity index (χ3v) is 2.63. The van der Waals surface area contributed by atoms with Crippen LogP contribution in [0.3, 0.4) is 0 Å². The van der Waals surface area contributed by atoms with E-state index >= 15 is 0 Å². The Morgan fingerprint density at radius 1 is 1.20 bits per heavy atom. The summed E-state index contributed by atoms with van der Waals surface area (Å²) in [4.78, 5) is 13.7. The Bertz CT molecular complexity index is 169. The number of unbranched alkanes of at least 4 members (excludes halogenated alkanes) is 3. The first-order valence-electron chi connectivity index (χ1n) is 6.13. The van der Waals surface area contributed by atoms with E-state index in [4.69, 9.17) is 5.73 Å². The molecule has 0 aromatic rings. The number of hydrogen-bond donors (Lipinski definition) is 1. The molecular weight excluding hydrogens is 188 g/mol. The second-order valence-electron chi connectivity index (χ2n) is 4.23. The van der Waals surface area contributed by atoms with Gasteiger partial charge in [-0.1, -0.05) is 12.8 Å². The lowest BCUT2D eigenvalue weighted by molar-refractivity contribution is -0.132. The van der Waals surface area contributed by atoms with Crippen LogP contribution in [0, 0.1) is 0 Å². The van der Waals surface area contributed by atoms with Crippen molar-refractivity contribution in [1.29, 1.82) is 0 Å².